The molecule has 32 heavy (non-hydrogen) atoms. The van der Waals surface area contributed by atoms with Crippen LogP contribution in [-0.4, -0.2) is 23.0 Å². The van der Waals surface area contributed by atoms with Crippen molar-refractivity contribution in [3.63, 3.8) is 0 Å². The number of thiazole rings is 1. The maximum absolute atomic E-state index is 14.6. The van der Waals surface area contributed by atoms with Crippen LogP contribution in [-0.2, 0) is 13.1 Å². The summed E-state index contributed by atoms with van der Waals surface area (Å²) in [5, 5.41) is 4.74. The first-order valence-corrected chi connectivity index (χ1v) is 12.3. The second-order valence-electron chi connectivity index (χ2n) is 8.58. The topological polar surface area (TPSA) is 40.2 Å². The predicted molar refractivity (Wildman–Crippen MR) is 123 cm³/mol. The molecule has 1 aromatic heterocycles. The molecule has 0 amide bonds. The van der Waals surface area contributed by atoms with Gasteiger partial charge in [0.15, 0.2) is 0 Å². The summed E-state index contributed by atoms with van der Waals surface area (Å²) in [6, 6.07) is 7.52. The highest BCUT2D eigenvalue weighted by molar-refractivity contribution is 8.00. The van der Waals surface area contributed by atoms with Crippen LogP contribution in [0.4, 0.5) is 24.7 Å². The smallest absolute Gasteiger partial charge is 0.147 e. The molecule has 1 aliphatic heterocycles. The highest BCUT2D eigenvalue weighted by Gasteiger charge is 2.46. The van der Waals surface area contributed by atoms with E-state index in [4.69, 9.17) is 0 Å². The normalized spacial score (nSPS) is 17.1. The van der Waals surface area contributed by atoms with E-state index in [1.54, 1.807) is 17.0 Å². The Morgan fingerprint density at radius 3 is 2.53 bits per heavy atom. The number of aromatic nitrogens is 1. The van der Waals surface area contributed by atoms with Crippen LogP contribution in [0.5, 0.6) is 0 Å². The minimum Gasteiger partial charge on any atom is -0.381 e. The zero-order chi connectivity index (χ0) is 22.1. The van der Waals surface area contributed by atoms with Gasteiger partial charge in [0.1, 0.15) is 28.2 Å². The van der Waals surface area contributed by atoms with E-state index in [0.29, 0.717) is 23.3 Å². The molecular weight excluding hydrogens is 453 g/mol. The van der Waals surface area contributed by atoms with Crippen LogP contribution in [0.15, 0.2) is 46.1 Å². The van der Waals surface area contributed by atoms with Crippen LogP contribution in [0, 0.1) is 22.9 Å². The molecular formula is C23H23F3N4S2. The fourth-order valence-corrected chi connectivity index (χ4v) is 5.70. The Kier molecular flexibility index (Phi) is 6.05. The molecule has 168 valence electrons. The summed E-state index contributed by atoms with van der Waals surface area (Å²) >= 11 is 2.22. The van der Waals surface area contributed by atoms with E-state index >= 15 is 0 Å². The molecule has 1 saturated heterocycles. The van der Waals surface area contributed by atoms with Crippen molar-refractivity contribution in [2.75, 3.05) is 23.1 Å². The maximum Gasteiger partial charge on any atom is 0.147 e. The number of benzene rings is 2. The van der Waals surface area contributed by atoms with Crippen LogP contribution in [0.3, 0.4) is 0 Å². The SMILES string of the molecule is Fc1cccc(CN2CC3(CCC3)C2)c1CNc1cc(F)c(SNc2cscn2)c(F)c1. The van der Waals surface area contributed by atoms with Gasteiger partial charge < -0.3 is 10.0 Å². The van der Waals surface area contributed by atoms with Crippen molar-refractivity contribution < 1.29 is 13.2 Å². The largest absolute Gasteiger partial charge is 0.381 e. The number of anilines is 2. The third kappa shape index (κ3) is 4.46. The second-order valence-corrected chi connectivity index (χ2v) is 10.1. The monoisotopic (exact) mass is 476 g/mol. The van der Waals surface area contributed by atoms with Gasteiger partial charge in [0, 0.05) is 42.8 Å². The Morgan fingerprint density at radius 2 is 1.88 bits per heavy atom. The molecule has 0 radical (unpaired) electrons. The predicted octanol–water partition coefficient (Wildman–Crippen LogP) is 6.28. The number of halogens is 3. The van der Waals surface area contributed by atoms with Gasteiger partial charge in [-0.15, -0.1) is 11.3 Å². The second kappa shape index (κ2) is 8.96. The van der Waals surface area contributed by atoms with Crippen LogP contribution in [0.25, 0.3) is 0 Å². The number of hydrogen-bond donors (Lipinski definition) is 2. The van der Waals surface area contributed by atoms with E-state index in [-0.39, 0.29) is 22.9 Å². The van der Waals surface area contributed by atoms with Crippen molar-refractivity contribution in [3.05, 3.63) is 69.8 Å². The van der Waals surface area contributed by atoms with Crippen molar-refractivity contribution in [1.29, 1.82) is 0 Å². The molecule has 1 aliphatic carbocycles. The lowest BCUT2D eigenvalue weighted by molar-refractivity contribution is -0.0646. The molecule has 2 aromatic carbocycles. The summed E-state index contributed by atoms with van der Waals surface area (Å²) in [7, 11) is 0. The molecule has 2 fully saturated rings. The van der Waals surface area contributed by atoms with E-state index in [9.17, 15) is 13.2 Å². The van der Waals surface area contributed by atoms with E-state index in [1.165, 1.54) is 48.8 Å². The fraction of sp³-hybridized carbons (Fsp3) is 0.348. The van der Waals surface area contributed by atoms with Gasteiger partial charge in [-0.25, -0.2) is 18.2 Å². The number of hydrogen-bond acceptors (Lipinski definition) is 6. The van der Waals surface area contributed by atoms with Gasteiger partial charge in [0.2, 0.25) is 0 Å². The van der Waals surface area contributed by atoms with Gasteiger partial charge in [-0.3, -0.25) is 4.90 Å². The zero-order valence-corrected chi connectivity index (χ0v) is 19.0. The summed E-state index contributed by atoms with van der Waals surface area (Å²) < 4.78 is 46.5. The third-order valence-corrected chi connectivity index (χ3v) is 7.79. The van der Waals surface area contributed by atoms with E-state index in [1.807, 2.05) is 6.07 Å². The van der Waals surface area contributed by atoms with Gasteiger partial charge in [-0.05, 0) is 54.0 Å². The highest BCUT2D eigenvalue weighted by atomic mass is 32.2. The molecule has 5 rings (SSSR count). The average Bonchev–Trinajstić information content (AvgIpc) is 3.21. The van der Waals surface area contributed by atoms with Crippen molar-refractivity contribution in [2.24, 2.45) is 5.41 Å². The van der Waals surface area contributed by atoms with E-state index in [2.05, 4.69) is 19.9 Å². The molecule has 0 bridgehead atoms. The summed E-state index contributed by atoms with van der Waals surface area (Å²) in [4.78, 5) is 6.23. The Labute approximate surface area is 193 Å². The summed E-state index contributed by atoms with van der Waals surface area (Å²) in [6.07, 6.45) is 3.91. The quantitative estimate of drug-likeness (QED) is 0.375. The van der Waals surface area contributed by atoms with Crippen molar-refractivity contribution in [1.82, 2.24) is 9.88 Å². The number of likely N-dealkylation sites (tertiary alicyclic amines) is 1. The number of nitrogens with zero attached hydrogens (tertiary/aromatic N) is 2. The molecule has 2 aliphatic rings. The van der Waals surface area contributed by atoms with Gasteiger partial charge in [0.25, 0.3) is 0 Å². The first kappa shape index (κ1) is 21.6. The molecule has 9 heteroatoms. The van der Waals surface area contributed by atoms with Crippen LogP contribution < -0.4 is 10.0 Å². The summed E-state index contributed by atoms with van der Waals surface area (Å²) in [5.74, 6) is -1.16. The lowest BCUT2D eigenvalue weighted by atomic mass is 9.63. The Morgan fingerprint density at radius 1 is 1.09 bits per heavy atom. The average molecular weight is 477 g/mol. The minimum atomic E-state index is -0.694. The molecule has 0 atom stereocenters. The molecule has 0 unspecified atom stereocenters. The third-order valence-electron chi connectivity index (χ3n) is 6.30. The lowest BCUT2D eigenvalue weighted by Gasteiger charge is -2.56. The van der Waals surface area contributed by atoms with Gasteiger partial charge in [0.05, 0.1) is 5.51 Å². The lowest BCUT2D eigenvalue weighted by Crippen LogP contribution is -2.59. The summed E-state index contributed by atoms with van der Waals surface area (Å²) in [6.45, 7) is 2.99. The van der Waals surface area contributed by atoms with E-state index < -0.39 is 11.6 Å². The molecule has 2 N–H and O–H groups in total. The van der Waals surface area contributed by atoms with Crippen LogP contribution in [0.1, 0.15) is 30.4 Å². The summed E-state index contributed by atoms with van der Waals surface area (Å²) in [5.41, 5.74) is 3.85. The fourth-order valence-electron chi connectivity index (χ4n) is 4.51. The highest BCUT2D eigenvalue weighted by Crippen LogP contribution is 2.48. The Bertz CT molecular complexity index is 1070. The Balaban J connectivity index is 1.24. The van der Waals surface area contributed by atoms with Crippen molar-refractivity contribution in [3.8, 4) is 0 Å². The van der Waals surface area contributed by atoms with Gasteiger partial charge >= 0.3 is 0 Å². The molecule has 1 spiro atoms. The zero-order valence-electron chi connectivity index (χ0n) is 17.3. The van der Waals surface area contributed by atoms with Crippen molar-refractivity contribution in [2.45, 2.75) is 37.2 Å². The molecule has 3 aromatic rings. The first-order valence-electron chi connectivity index (χ1n) is 10.5. The Hall–Kier alpha value is -2.23. The molecule has 2 heterocycles. The molecule has 1 saturated carbocycles. The van der Waals surface area contributed by atoms with Crippen molar-refractivity contribution >= 4 is 34.8 Å². The van der Waals surface area contributed by atoms with Gasteiger partial charge in [-0.1, -0.05) is 18.6 Å². The first-order chi connectivity index (χ1) is 15.5. The standard InChI is InChI=1S/C23H23F3N4S2/c24-18-4-1-3-15(10-30-12-23(13-30)5-2-6-23)17(18)9-27-16-7-19(25)22(20(26)8-16)32-29-21-11-31-14-28-21/h1,3-4,7-8,11,14,27,29H,2,5-6,9-10,12-13H2. The maximum atomic E-state index is 14.6. The minimum absolute atomic E-state index is 0.141. The van der Waals surface area contributed by atoms with Crippen LogP contribution in [0.2, 0.25) is 0 Å². The molecule has 4 nitrogen and oxygen atoms in total. The van der Waals surface area contributed by atoms with Gasteiger partial charge in [-0.2, -0.15) is 0 Å². The number of rotatable bonds is 8. The van der Waals surface area contributed by atoms with E-state index in [0.717, 1.165) is 30.6 Å². The number of nitrogens with one attached hydrogen (secondary N) is 2. The van der Waals surface area contributed by atoms with Crippen LogP contribution >= 0.6 is 23.3 Å².